The molecule has 1 aliphatic rings. The lowest BCUT2D eigenvalue weighted by atomic mass is 9.88. The molecule has 2 amide bonds. The summed E-state index contributed by atoms with van der Waals surface area (Å²) in [6.07, 6.45) is 2.59. The van der Waals surface area contributed by atoms with Crippen molar-refractivity contribution in [3.05, 3.63) is 48.0 Å². The zero-order chi connectivity index (χ0) is 21.9. The van der Waals surface area contributed by atoms with Gasteiger partial charge in [-0.15, -0.1) is 0 Å². The van der Waals surface area contributed by atoms with Crippen LogP contribution in [0.2, 0.25) is 18.1 Å². The Bertz CT molecular complexity index is 744. The minimum absolute atomic E-state index is 0.369. The molecule has 0 aromatic heterocycles. The molecule has 0 N–H and O–H groups in total. The van der Waals surface area contributed by atoms with Gasteiger partial charge in [-0.05, 0) is 51.4 Å². The van der Waals surface area contributed by atoms with Gasteiger partial charge in [0.2, 0.25) is 0 Å². The molecule has 1 aromatic rings. The van der Waals surface area contributed by atoms with Gasteiger partial charge in [-0.3, -0.25) is 4.79 Å². The number of carbonyl (C=O) groups excluding carboxylic acids is 2. The fourth-order valence-corrected chi connectivity index (χ4v) is 6.97. The van der Waals surface area contributed by atoms with Crippen LogP contribution < -0.4 is 0 Å². The molecule has 2 rings (SSSR count). The van der Waals surface area contributed by atoms with E-state index in [2.05, 4.69) is 20.8 Å². The SMILES string of the molecule is CC[Si](CC)(CC)O[C@@](C)(c1ccccc1)[C@H]1C=CC(=O)N1C(=O)OC(C)(C)C. The molecule has 0 radical (unpaired) electrons. The second-order valence-electron chi connectivity index (χ2n) is 8.81. The third-order valence-electron chi connectivity index (χ3n) is 5.80. The molecular weight excluding hydrogens is 382 g/mol. The van der Waals surface area contributed by atoms with Crippen LogP contribution in [-0.2, 0) is 19.6 Å². The van der Waals surface area contributed by atoms with Gasteiger partial charge in [0.15, 0.2) is 8.32 Å². The van der Waals surface area contributed by atoms with Gasteiger partial charge in [0.05, 0.1) is 6.04 Å². The van der Waals surface area contributed by atoms with E-state index in [1.165, 1.54) is 11.0 Å². The van der Waals surface area contributed by atoms with E-state index in [1.54, 1.807) is 26.8 Å². The van der Waals surface area contributed by atoms with Gasteiger partial charge in [-0.2, -0.15) is 0 Å². The summed E-state index contributed by atoms with van der Waals surface area (Å²) in [7, 11) is -2.06. The van der Waals surface area contributed by atoms with Crippen molar-refractivity contribution in [3.63, 3.8) is 0 Å². The number of carbonyl (C=O) groups is 2. The largest absolute Gasteiger partial charge is 0.443 e. The molecule has 2 atom stereocenters. The van der Waals surface area contributed by atoms with Crippen LogP contribution in [0.25, 0.3) is 0 Å². The Morgan fingerprint density at radius 1 is 1.03 bits per heavy atom. The molecule has 5 nitrogen and oxygen atoms in total. The molecule has 0 saturated heterocycles. The molecule has 1 aromatic carbocycles. The van der Waals surface area contributed by atoms with Gasteiger partial charge in [-0.25, -0.2) is 9.69 Å². The third-order valence-corrected chi connectivity index (χ3v) is 10.5. The monoisotopic (exact) mass is 417 g/mol. The van der Waals surface area contributed by atoms with Crippen molar-refractivity contribution in [2.75, 3.05) is 0 Å². The van der Waals surface area contributed by atoms with E-state index < -0.39 is 31.7 Å². The molecule has 0 fully saturated rings. The normalized spacial score (nSPS) is 19.3. The van der Waals surface area contributed by atoms with Crippen molar-refractivity contribution in [3.8, 4) is 0 Å². The first kappa shape index (κ1) is 23.4. The topological polar surface area (TPSA) is 55.8 Å². The van der Waals surface area contributed by atoms with E-state index in [0.29, 0.717) is 0 Å². The predicted molar refractivity (Wildman–Crippen MR) is 118 cm³/mol. The number of ether oxygens (including phenoxy) is 1. The summed E-state index contributed by atoms with van der Waals surface area (Å²) in [6.45, 7) is 13.9. The van der Waals surface area contributed by atoms with Crippen molar-refractivity contribution in [1.29, 1.82) is 0 Å². The van der Waals surface area contributed by atoms with Gasteiger partial charge in [0.1, 0.15) is 11.2 Å². The Hall–Kier alpha value is -1.92. The molecule has 0 spiro atoms. The van der Waals surface area contributed by atoms with Gasteiger partial charge in [-0.1, -0.05) is 57.2 Å². The van der Waals surface area contributed by atoms with Crippen molar-refractivity contribution in [2.24, 2.45) is 0 Å². The van der Waals surface area contributed by atoms with Crippen LogP contribution in [-0.4, -0.2) is 36.9 Å². The molecule has 6 heteroatoms. The summed E-state index contributed by atoms with van der Waals surface area (Å²) in [4.78, 5) is 26.8. The van der Waals surface area contributed by atoms with Crippen LogP contribution in [0.15, 0.2) is 42.5 Å². The van der Waals surface area contributed by atoms with Crippen LogP contribution >= 0.6 is 0 Å². The number of hydrogen-bond donors (Lipinski definition) is 0. The smallest absolute Gasteiger partial charge is 0.417 e. The number of imide groups is 1. The summed E-state index contributed by atoms with van der Waals surface area (Å²) in [5.74, 6) is -0.369. The molecule has 29 heavy (non-hydrogen) atoms. The fourth-order valence-electron chi connectivity index (χ4n) is 3.90. The lowest BCUT2D eigenvalue weighted by Crippen LogP contribution is -2.56. The Balaban J connectivity index is 2.54. The van der Waals surface area contributed by atoms with E-state index in [-0.39, 0.29) is 5.91 Å². The highest BCUT2D eigenvalue weighted by atomic mass is 28.4. The lowest BCUT2D eigenvalue weighted by molar-refractivity contribution is -0.129. The van der Waals surface area contributed by atoms with E-state index in [4.69, 9.17) is 9.16 Å². The highest BCUT2D eigenvalue weighted by Crippen LogP contribution is 2.41. The first-order chi connectivity index (χ1) is 13.5. The minimum Gasteiger partial charge on any atom is -0.443 e. The maximum absolute atomic E-state index is 12.9. The van der Waals surface area contributed by atoms with Crippen molar-refractivity contribution >= 4 is 20.3 Å². The Morgan fingerprint density at radius 3 is 2.07 bits per heavy atom. The van der Waals surface area contributed by atoms with E-state index in [1.807, 2.05) is 37.3 Å². The third kappa shape index (κ3) is 4.98. The number of hydrogen-bond acceptors (Lipinski definition) is 4. The van der Waals surface area contributed by atoms with Crippen molar-refractivity contribution in [1.82, 2.24) is 4.90 Å². The van der Waals surface area contributed by atoms with Crippen molar-refractivity contribution < 1.29 is 18.8 Å². The molecule has 0 unspecified atom stereocenters. The van der Waals surface area contributed by atoms with Crippen LogP contribution in [0.4, 0.5) is 4.79 Å². The number of nitrogens with zero attached hydrogens (tertiary/aromatic N) is 1. The van der Waals surface area contributed by atoms with Crippen LogP contribution in [0.1, 0.15) is 54.0 Å². The van der Waals surface area contributed by atoms with Gasteiger partial charge < -0.3 is 9.16 Å². The Kier molecular flexibility index (Phi) is 7.12. The predicted octanol–water partition coefficient (Wildman–Crippen LogP) is 5.63. The average Bonchev–Trinajstić information content (AvgIpc) is 3.08. The summed E-state index contributed by atoms with van der Waals surface area (Å²) in [5, 5.41) is 0. The summed E-state index contributed by atoms with van der Waals surface area (Å²) in [5.41, 5.74) is -0.594. The van der Waals surface area contributed by atoms with Crippen LogP contribution in [0.5, 0.6) is 0 Å². The average molecular weight is 418 g/mol. The molecule has 1 heterocycles. The quantitative estimate of drug-likeness (QED) is 0.540. The number of benzene rings is 1. The number of rotatable bonds is 7. The highest BCUT2D eigenvalue weighted by molar-refractivity contribution is 6.73. The van der Waals surface area contributed by atoms with Gasteiger partial charge in [0.25, 0.3) is 5.91 Å². The summed E-state index contributed by atoms with van der Waals surface area (Å²) in [6, 6.07) is 12.2. The molecule has 0 aliphatic carbocycles. The van der Waals surface area contributed by atoms with E-state index in [9.17, 15) is 9.59 Å². The zero-order valence-electron chi connectivity index (χ0n) is 18.8. The standard InChI is InChI=1S/C23H35NO4Si/c1-8-29(9-2,10-3)28-23(7,18-14-12-11-13-15-18)19-16-17-20(25)24(19)21(26)27-22(4,5)6/h11-17,19H,8-10H2,1-7H3/t19-,23+/m1/s1. The summed E-state index contributed by atoms with van der Waals surface area (Å²) < 4.78 is 12.5. The second-order valence-corrected chi connectivity index (χ2v) is 13.5. The molecular formula is C23H35NO4Si. The van der Waals surface area contributed by atoms with Gasteiger partial charge >= 0.3 is 6.09 Å². The van der Waals surface area contributed by atoms with E-state index in [0.717, 1.165) is 23.7 Å². The van der Waals surface area contributed by atoms with Crippen molar-refractivity contribution in [2.45, 2.75) is 83.8 Å². The minimum atomic E-state index is -2.06. The lowest BCUT2D eigenvalue weighted by Gasteiger charge is -2.45. The second kappa shape index (κ2) is 8.84. The highest BCUT2D eigenvalue weighted by Gasteiger charge is 2.50. The van der Waals surface area contributed by atoms with E-state index >= 15 is 0 Å². The molecule has 0 bridgehead atoms. The maximum Gasteiger partial charge on any atom is 0.417 e. The van der Waals surface area contributed by atoms with Gasteiger partial charge in [0, 0.05) is 6.08 Å². The Morgan fingerprint density at radius 2 is 1.59 bits per heavy atom. The number of amides is 2. The first-order valence-corrected chi connectivity index (χ1v) is 13.0. The summed E-state index contributed by atoms with van der Waals surface area (Å²) >= 11 is 0. The molecule has 160 valence electrons. The first-order valence-electron chi connectivity index (χ1n) is 10.5. The molecule has 0 saturated carbocycles. The maximum atomic E-state index is 12.9. The van der Waals surface area contributed by atoms with Crippen LogP contribution in [0.3, 0.4) is 0 Å². The Labute approximate surface area is 176 Å². The zero-order valence-corrected chi connectivity index (χ0v) is 19.8. The fraction of sp³-hybridized carbons (Fsp3) is 0.565. The van der Waals surface area contributed by atoms with Crippen LogP contribution in [0, 0.1) is 0 Å². The molecule has 1 aliphatic heterocycles.